The van der Waals surface area contributed by atoms with Crippen LogP contribution in [-0.4, -0.2) is 184 Å². The lowest BCUT2D eigenvalue weighted by molar-refractivity contribution is -0.333. The number of nitrogens with two attached hydrogens (primary N) is 1. The summed E-state index contributed by atoms with van der Waals surface area (Å²) in [5, 5.41) is 135. The first-order chi connectivity index (χ1) is 37.5. The van der Waals surface area contributed by atoms with Crippen LogP contribution in [0.15, 0.2) is 41.4 Å². The molecule has 21 heteroatoms. The number of allylic oxidation sites excluding steroid dienone is 4. The molecule has 0 aromatic rings. The number of hydrogen-bond donors (Lipinski definition) is 14. The summed E-state index contributed by atoms with van der Waals surface area (Å²) in [6.07, 6.45) is -2.01. The first-order valence-corrected chi connectivity index (χ1v) is 29.3. The van der Waals surface area contributed by atoms with Crippen LogP contribution >= 0.6 is 0 Å². The molecule has 0 aromatic heterocycles. The van der Waals surface area contributed by atoms with Gasteiger partial charge >= 0.3 is 17.9 Å². The summed E-state index contributed by atoms with van der Waals surface area (Å²) in [7, 11) is 1.63. The number of rotatable bonds is 14. The molecule has 0 aliphatic carbocycles. The summed E-state index contributed by atoms with van der Waals surface area (Å²) in [6, 6.07) is 0. The number of hydrogen-bond acceptors (Lipinski definition) is 18. The lowest BCUT2D eigenvalue weighted by Gasteiger charge is -2.45. The number of ether oxygens (including phenoxy) is 3. The highest BCUT2D eigenvalue weighted by atomic mass is 16.7. The number of aliphatic hydroxyl groups is 11. The fraction of sp³-hybridized carbons (Fsp3) is 0.831. The van der Waals surface area contributed by atoms with Gasteiger partial charge in [-0.2, -0.15) is 0 Å². The Bertz CT molecular complexity index is 1910. The van der Waals surface area contributed by atoms with E-state index in [1.807, 2.05) is 19.9 Å². The maximum Gasteiger partial charge on any atom is 0.317 e. The number of nitrogens with zero attached hydrogens (tertiary/aromatic N) is 1. The van der Waals surface area contributed by atoms with Crippen molar-refractivity contribution in [3.8, 4) is 0 Å². The van der Waals surface area contributed by atoms with E-state index >= 15 is 0 Å². The van der Waals surface area contributed by atoms with Crippen molar-refractivity contribution in [3.63, 3.8) is 0 Å². The van der Waals surface area contributed by atoms with Crippen molar-refractivity contribution in [3.05, 3.63) is 36.5 Å². The number of esters is 2. The van der Waals surface area contributed by atoms with Crippen molar-refractivity contribution >= 4 is 23.9 Å². The molecule has 15 N–H and O–H groups in total. The predicted octanol–water partition coefficient (Wildman–Crippen LogP) is 3.53. The van der Waals surface area contributed by atoms with Crippen molar-refractivity contribution < 1.29 is 89.9 Å². The average molecular weight is 1140 g/mol. The largest absolute Gasteiger partial charge is 0.481 e. The SMILES string of the molecule is CN=C(N)NCCC/C=C/CCCC(C)CC(C)C1OC(=O)C(C)C(O)CCC(C)C(O)CC(O)C(C)C(O)CCC(C)C(O)CC2(O)OC(CC(O)CC(OC(=O)CC(=O)O)CC(O)C(C)C(O)/C=C/C=C/C1C)CC(O)C2O. The number of cyclic esters (lactones) is 1. The number of carboxylic acids is 1. The molecule has 2 aliphatic rings. The van der Waals surface area contributed by atoms with Gasteiger partial charge < -0.3 is 86.5 Å². The van der Waals surface area contributed by atoms with Crippen LogP contribution in [-0.2, 0) is 28.6 Å². The second-order valence-electron chi connectivity index (χ2n) is 23.8. The van der Waals surface area contributed by atoms with Crippen molar-refractivity contribution in [2.45, 2.75) is 250 Å². The topological polar surface area (TPSA) is 372 Å². The van der Waals surface area contributed by atoms with E-state index in [2.05, 4.69) is 29.4 Å². The van der Waals surface area contributed by atoms with Gasteiger partial charge in [-0.15, -0.1) is 0 Å². The quantitative estimate of drug-likeness (QED) is 0.0295. The van der Waals surface area contributed by atoms with Crippen molar-refractivity contribution in [2.75, 3.05) is 13.6 Å². The monoisotopic (exact) mass is 1140 g/mol. The Morgan fingerprint density at radius 1 is 0.762 bits per heavy atom. The van der Waals surface area contributed by atoms with Crippen LogP contribution in [0.3, 0.4) is 0 Å². The molecule has 1 saturated heterocycles. The van der Waals surface area contributed by atoms with Gasteiger partial charge in [-0.3, -0.25) is 19.4 Å². The lowest BCUT2D eigenvalue weighted by Crippen LogP contribution is -2.59. The van der Waals surface area contributed by atoms with Crippen LogP contribution < -0.4 is 11.1 Å². The second kappa shape index (κ2) is 36.9. The number of aliphatic imine (C=N–C) groups is 1. The Kier molecular flexibility index (Phi) is 33.4. The van der Waals surface area contributed by atoms with Crippen LogP contribution in [0.2, 0.25) is 0 Å². The number of aliphatic carboxylic acids is 1. The zero-order valence-electron chi connectivity index (χ0n) is 49.2. The van der Waals surface area contributed by atoms with Gasteiger partial charge in [0.1, 0.15) is 24.7 Å². The number of aliphatic hydroxyl groups excluding tert-OH is 10. The van der Waals surface area contributed by atoms with E-state index in [9.17, 15) is 75.7 Å². The number of carbonyl (C=O) groups is 3. The minimum Gasteiger partial charge on any atom is -0.481 e. The Labute approximate surface area is 475 Å². The molecule has 2 rings (SSSR count). The first-order valence-electron chi connectivity index (χ1n) is 29.3. The van der Waals surface area contributed by atoms with Crippen molar-refractivity contribution in [1.82, 2.24) is 5.32 Å². The molecule has 2 heterocycles. The highest BCUT2D eigenvalue weighted by Crippen LogP contribution is 2.36. The first kappa shape index (κ1) is 72.5. The number of carbonyl (C=O) groups excluding carboxylic acids is 2. The van der Waals surface area contributed by atoms with E-state index in [-0.39, 0.29) is 69.1 Å². The second-order valence-corrected chi connectivity index (χ2v) is 23.8. The normalized spacial score (nSPS) is 38.7. The minimum atomic E-state index is -2.49. The lowest BCUT2D eigenvalue weighted by atomic mass is 9.83. The summed E-state index contributed by atoms with van der Waals surface area (Å²) in [5.41, 5.74) is 5.69. The number of fused-ring (bicyclic) bond motifs is 2. The van der Waals surface area contributed by atoms with E-state index in [0.29, 0.717) is 12.4 Å². The third-order valence-electron chi connectivity index (χ3n) is 16.6. The molecule has 0 saturated carbocycles. The van der Waals surface area contributed by atoms with Gasteiger partial charge in [-0.25, -0.2) is 0 Å². The van der Waals surface area contributed by atoms with Crippen molar-refractivity contribution in [2.24, 2.45) is 58.1 Å². The molecule has 0 amide bonds. The highest BCUT2D eigenvalue weighted by molar-refractivity contribution is 5.90. The molecular weight excluding hydrogens is 1040 g/mol. The van der Waals surface area contributed by atoms with Gasteiger partial charge in [0.05, 0.1) is 67.0 Å². The molecule has 22 atom stereocenters. The van der Waals surface area contributed by atoms with Gasteiger partial charge in [-0.1, -0.05) is 91.3 Å². The van der Waals surface area contributed by atoms with Crippen LogP contribution in [0, 0.1) is 47.3 Å². The molecule has 464 valence electrons. The van der Waals surface area contributed by atoms with Crippen LogP contribution in [0.1, 0.15) is 165 Å². The maximum atomic E-state index is 13.9. The smallest absolute Gasteiger partial charge is 0.317 e. The van der Waals surface area contributed by atoms with E-state index in [4.69, 9.17) is 19.9 Å². The number of carboxylic acid groups (broad SMARTS) is 1. The third-order valence-corrected chi connectivity index (χ3v) is 16.6. The van der Waals surface area contributed by atoms with E-state index in [0.717, 1.165) is 45.1 Å². The third kappa shape index (κ3) is 26.3. The Morgan fingerprint density at radius 3 is 2.00 bits per heavy atom. The molecule has 21 nitrogen and oxygen atoms in total. The summed E-state index contributed by atoms with van der Waals surface area (Å²) in [5.74, 6) is -9.00. The van der Waals surface area contributed by atoms with E-state index in [1.165, 1.54) is 6.08 Å². The Morgan fingerprint density at radius 2 is 1.36 bits per heavy atom. The zero-order chi connectivity index (χ0) is 60.4. The van der Waals surface area contributed by atoms with Crippen LogP contribution in [0.25, 0.3) is 0 Å². The fourth-order valence-corrected chi connectivity index (χ4v) is 10.7. The van der Waals surface area contributed by atoms with E-state index in [1.54, 1.807) is 53.8 Å². The van der Waals surface area contributed by atoms with Gasteiger partial charge in [0.25, 0.3) is 0 Å². The zero-order valence-corrected chi connectivity index (χ0v) is 49.2. The van der Waals surface area contributed by atoms with Gasteiger partial charge in [0.15, 0.2) is 11.7 Å². The van der Waals surface area contributed by atoms with Crippen LogP contribution in [0.5, 0.6) is 0 Å². The van der Waals surface area contributed by atoms with Crippen LogP contribution in [0.4, 0.5) is 0 Å². The Balaban J connectivity index is 2.42. The number of guanidine groups is 1. The van der Waals surface area contributed by atoms with Gasteiger partial charge in [0.2, 0.25) is 0 Å². The molecule has 2 bridgehead atoms. The molecule has 0 aromatic carbocycles. The summed E-state index contributed by atoms with van der Waals surface area (Å²) >= 11 is 0. The van der Waals surface area contributed by atoms with E-state index < -0.39 is 145 Å². The van der Waals surface area contributed by atoms with Gasteiger partial charge in [-0.05, 0) is 101 Å². The number of unbranched alkanes of at least 4 members (excludes halogenated alkanes) is 2. The molecule has 22 unspecified atom stereocenters. The highest BCUT2D eigenvalue weighted by Gasteiger charge is 2.50. The summed E-state index contributed by atoms with van der Waals surface area (Å²) < 4.78 is 17.5. The molecule has 80 heavy (non-hydrogen) atoms. The molecule has 0 radical (unpaired) electrons. The van der Waals surface area contributed by atoms with Gasteiger partial charge in [0, 0.05) is 57.0 Å². The molecular formula is C59H105N3O18. The summed E-state index contributed by atoms with van der Waals surface area (Å²) in [4.78, 5) is 41.8. The fourth-order valence-electron chi connectivity index (χ4n) is 10.7. The standard InChI is InChI=1S/C59H105N3O18/c1-34(18-14-12-10-11-13-17-25-62-58(60)61-9)26-38(5)55-37(4)19-15-16-20-45(64)39(6)49(68)29-43(78-54(74)32-53(72)73)27-42(63)28-44-30-51(70)56(75)59(77,80-44)33-52(71)36(3)22-23-46(65)40(7)50(69)31-48(67)35(2)21-24-47(66)41(8)57(76)79-55/h10-11,15-16,19-20,34-52,55-56,63-71,75,77H,12-14,17-18,21-33H2,1-9H3,(H,72,73)(H3,60,61,62)/b11-10+,19-15+,20-16+. The maximum absolute atomic E-state index is 13.9. The summed E-state index contributed by atoms with van der Waals surface area (Å²) in [6.45, 7) is 15.0. The number of nitrogens with one attached hydrogen (secondary N) is 1. The molecule has 0 spiro atoms. The van der Waals surface area contributed by atoms with Crippen molar-refractivity contribution in [1.29, 1.82) is 0 Å². The minimum absolute atomic E-state index is 0.0821. The molecule has 1 fully saturated rings. The predicted molar refractivity (Wildman–Crippen MR) is 302 cm³/mol. The average Bonchev–Trinajstić information content (AvgIpc) is 3.38. The Hall–Kier alpha value is -3.58. The molecule has 2 aliphatic heterocycles.